The van der Waals surface area contributed by atoms with Crippen LogP contribution in [-0.4, -0.2) is 14.9 Å². The van der Waals surface area contributed by atoms with E-state index in [9.17, 15) is 4.79 Å². The van der Waals surface area contributed by atoms with E-state index in [1.807, 2.05) is 18.2 Å². The van der Waals surface area contributed by atoms with Crippen LogP contribution in [0.25, 0.3) is 0 Å². The fourth-order valence-electron chi connectivity index (χ4n) is 2.01. The molecule has 4 heteroatoms. The van der Waals surface area contributed by atoms with Crippen molar-refractivity contribution in [3.63, 3.8) is 0 Å². The molecule has 2 atom stereocenters. The van der Waals surface area contributed by atoms with Gasteiger partial charge in [-0.15, -0.1) is 0 Å². The summed E-state index contributed by atoms with van der Waals surface area (Å²) >= 11 is 2.12. The Morgan fingerprint density at radius 1 is 1.43 bits per heavy atom. The molecule has 2 heterocycles. The lowest BCUT2D eigenvalue weighted by Crippen LogP contribution is -2.24. The summed E-state index contributed by atoms with van der Waals surface area (Å²) in [6.07, 6.45) is -0.138. The van der Waals surface area contributed by atoms with Crippen LogP contribution < -0.4 is 0 Å². The van der Waals surface area contributed by atoms with E-state index >= 15 is 0 Å². The predicted octanol–water partition coefficient (Wildman–Crippen LogP) is 1.82. The number of carbonyl (C=O) groups excluding carboxylic acids is 1. The minimum Gasteiger partial charge on any atom is -0.440 e. The quantitative estimate of drug-likeness (QED) is 0.317. The van der Waals surface area contributed by atoms with Crippen molar-refractivity contribution in [3.8, 4) is 0 Å². The number of esters is 1. The molecule has 1 aromatic rings. The Morgan fingerprint density at radius 3 is 3.07 bits per heavy atom. The number of rotatable bonds is 0. The maximum Gasteiger partial charge on any atom is 0.335 e. The van der Waals surface area contributed by atoms with Crippen molar-refractivity contribution in [2.75, 3.05) is 0 Å². The van der Waals surface area contributed by atoms with Gasteiger partial charge in [0.2, 0.25) is 0 Å². The molecule has 1 saturated heterocycles. The highest BCUT2D eigenvalue weighted by atomic mass is 127. The van der Waals surface area contributed by atoms with Gasteiger partial charge in [0, 0.05) is 12.1 Å². The summed E-state index contributed by atoms with van der Waals surface area (Å²) in [4.78, 5) is 13.4. The molecule has 0 bridgehead atoms. The lowest BCUT2D eigenvalue weighted by molar-refractivity contribution is -0.141. The third kappa shape index (κ3) is 1.04. The Hall–Kier alpha value is -0.620. The van der Waals surface area contributed by atoms with Crippen LogP contribution >= 0.6 is 22.6 Å². The lowest BCUT2D eigenvalue weighted by Gasteiger charge is -2.13. The first-order valence-corrected chi connectivity index (χ1v) is 5.70. The van der Waals surface area contributed by atoms with E-state index in [-0.39, 0.29) is 16.2 Å². The van der Waals surface area contributed by atoms with Gasteiger partial charge in [-0.25, -0.2) is 9.69 Å². The maximum atomic E-state index is 11.3. The van der Waals surface area contributed by atoms with Crippen molar-refractivity contribution < 1.29 is 9.53 Å². The highest BCUT2D eigenvalue weighted by Gasteiger charge is 2.45. The third-order valence-electron chi connectivity index (χ3n) is 2.69. The molecular formula is C10H8INO2. The molecule has 0 N–H and O–H groups in total. The minimum atomic E-state index is -0.138. The van der Waals surface area contributed by atoms with Crippen molar-refractivity contribution in [2.45, 2.75) is 16.8 Å². The third-order valence-corrected chi connectivity index (χ3v) is 3.91. The highest BCUT2D eigenvalue weighted by molar-refractivity contribution is 14.1. The monoisotopic (exact) mass is 301 g/mol. The van der Waals surface area contributed by atoms with E-state index < -0.39 is 0 Å². The van der Waals surface area contributed by atoms with Crippen LogP contribution in [-0.2, 0) is 16.1 Å². The molecule has 1 aromatic carbocycles. The lowest BCUT2D eigenvalue weighted by atomic mass is 10.1. The van der Waals surface area contributed by atoms with Gasteiger partial charge in [0.25, 0.3) is 0 Å². The van der Waals surface area contributed by atoms with E-state index in [2.05, 4.69) is 33.6 Å². The average molecular weight is 301 g/mol. The van der Waals surface area contributed by atoms with Crippen LogP contribution in [0.3, 0.4) is 0 Å². The summed E-state index contributed by atoms with van der Waals surface area (Å²) in [7, 11) is 0. The van der Waals surface area contributed by atoms with E-state index in [1.54, 1.807) is 0 Å². The van der Waals surface area contributed by atoms with Gasteiger partial charge in [-0.3, -0.25) is 0 Å². The molecule has 0 aromatic heterocycles. The van der Waals surface area contributed by atoms with Crippen LogP contribution in [0.2, 0.25) is 0 Å². The zero-order valence-corrected chi connectivity index (χ0v) is 9.47. The average Bonchev–Trinajstić information content (AvgIpc) is 2.67. The second-order valence-corrected chi connectivity index (χ2v) is 4.68. The van der Waals surface area contributed by atoms with Gasteiger partial charge in [0.15, 0.2) is 10.3 Å². The summed E-state index contributed by atoms with van der Waals surface area (Å²) in [6.45, 7) is 0.820. The summed E-state index contributed by atoms with van der Waals surface area (Å²) in [5.41, 5.74) is 2.41. The van der Waals surface area contributed by atoms with Crippen LogP contribution in [0.4, 0.5) is 0 Å². The van der Waals surface area contributed by atoms with Gasteiger partial charge >= 0.3 is 5.97 Å². The van der Waals surface area contributed by atoms with Crippen molar-refractivity contribution in [3.05, 3.63) is 35.4 Å². The number of halogens is 1. The molecule has 3 rings (SSSR count). The Kier molecular flexibility index (Phi) is 1.82. The number of ether oxygens (including phenoxy) is 1. The van der Waals surface area contributed by atoms with Crippen LogP contribution in [0.5, 0.6) is 0 Å². The second kappa shape index (κ2) is 2.93. The van der Waals surface area contributed by atoms with E-state index in [0.717, 1.165) is 12.1 Å². The number of benzene rings is 1. The van der Waals surface area contributed by atoms with Crippen LogP contribution in [0, 0.1) is 0 Å². The number of hydrogen-bond donors (Lipinski definition) is 0. The second-order valence-electron chi connectivity index (χ2n) is 3.50. The number of hydrogen-bond acceptors (Lipinski definition) is 3. The maximum absolute atomic E-state index is 11.3. The zero-order valence-electron chi connectivity index (χ0n) is 7.31. The Balaban J connectivity index is 2.06. The molecule has 1 fully saturated rings. The number of alkyl halides is 1. The van der Waals surface area contributed by atoms with Crippen LogP contribution in [0.15, 0.2) is 24.3 Å². The van der Waals surface area contributed by atoms with Gasteiger partial charge < -0.3 is 4.74 Å². The standard InChI is InChI=1S/C10H8INO2/c11-8-10(13)14-9-7-4-2-1-3-6(7)5-12(8)9/h1-4,8-9H,5H2/t8-,9?/m0/s1. The smallest absolute Gasteiger partial charge is 0.335 e. The molecule has 0 aliphatic carbocycles. The Bertz CT molecular complexity index is 407. The fourth-order valence-corrected chi connectivity index (χ4v) is 2.64. The molecule has 2 aliphatic rings. The van der Waals surface area contributed by atoms with Crippen molar-refractivity contribution in [2.24, 2.45) is 0 Å². The van der Waals surface area contributed by atoms with Gasteiger partial charge in [-0.05, 0) is 5.56 Å². The normalized spacial score (nSPS) is 29.9. The van der Waals surface area contributed by atoms with Gasteiger partial charge in [0.05, 0.1) is 0 Å². The zero-order chi connectivity index (χ0) is 9.71. The molecule has 1 unspecified atom stereocenters. The molecule has 3 nitrogen and oxygen atoms in total. The number of carbonyl (C=O) groups is 1. The van der Waals surface area contributed by atoms with Crippen LogP contribution in [0.1, 0.15) is 17.4 Å². The topological polar surface area (TPSA) is 29.5 Å². The largest absolute Gasteiger partial charge is 0.440 e. The van der Waals surface area contributed by atoms with Gasteiger partial charge in [-0.1, -0.05) is 46.9 Å². The fraction of sp³-hybridized carbons (Fsp3) is 0.300. The van der Waals surface area contributed by atoms with Crippen molar-refractivity contribution in [1.82, 2.24) is 4.90 Å². The van der Waals surface area contributed by atoms with E-state index in [1.165, 1.54) is 5.56 Å². The van der Waals surface area contributed by atoms with Gasteiger partial charge in [-0.2, -0.15) is 0 Å². The summed E-state index contributed by atoms with van der Waals surface area (Å²) < 4.78 is 5.17. The minimum absolute atomic E-state index is 0.120. The molecule has 0 saturated carbocycles. The first-order valence-electron chi connectivity index (χ1n) is 4.45. The molecule has 0 radical (unpaired) electrons. The predicted molar refractivity (Wildman–Crippen MR) is 58.6 cm³/mol. The summed E-state index contributed by atoms with van der Waals surface area (Å²) in [6, 6.07) is 8.12. The molecule has 0 spiro atoms. The highest BCUT2D eigenvalue weighted by Crippen LogP contribution is 2.42. The molecular weight excluding hydrogens is 293 g/mol. The number of fused-ring (bicyclic) bond motifs is 3. The van der Waals surface area contributed by atoms with E-state index in [0.29, 0.717) is 0 Å². The first-order chi connectivity index (χ1) is 6.77. The van der Waals surface area contributed by atoms with E-state index in [4.69, 9.17) is 4.74 Å². The molecule has 0 amide bonds. The first kappa shape index (κ1) is 8.67. The van der Waals surface area contributed by atoms with Gasteiger partial charge in [0.1, 0.15) is 0 Å². The molecule has 72 valence electrons. The summed E-state index contributed by atoms with van der Waals surface area (Å²) in [5, 5.41) is 0. The molecule has 14 heavy (non-hydrogen) atoms. The molecule has 2 aliphatic heterocycles. The van der Waals surface area contributed by atoms with Crippen molar-refractivity contribution >= 4 is 28.6 Å². The van der Waals surface area contributed by atoms with Crippen molar-refractivity contribution in [1.29, 1.82) is 0 Å². The summed E-state index contributed by atoms with van der Waals surface area (Å²) in [5.74, 6) is -0.120. The number of nitrogens with zero attached hydrogens (tertiary/aromatic N) is 1. The Labute approximate surface area is 95.2 Å². The Morgan fingerprint density at radius 2 is 2.21 bits per heavy atom. The SMILES string of the molecule is O=C1OC2c3ccccc3CN2[C@@H]1I.